The van der Waals surface area contributed by atoms with Crippen molar-refractivity contribution in [1.82, 2.24) is 20.1 Å². The standard InChI is InChI=1S/C17H14F2N4O2/c18-11-4-1-5-12(19)16(11)14(24)10-20-17(25)13-6-2-7-15(22-13)23-9-3-8-21-23/h1-9,14,24H,10H2,(H,20,25)/t14-/m0/s1. The van der Waals surface area contributed by atoms with Gasteiger partial charge in [-0.3, -0.25) is 4.79 Å². The second-order valence-corrected chi connectivity index (χ2v) is 5.19. The molecule has 0 saturated heterocycles. The van der Waals surface area contributed by atoms with Gasteiger partial charge in [0.15, 0.2) is 5.82 Å². The molecule has 2 aromatic heterocycles. The number of nitrogens with zero attached hydrogens (tertiary/aromatic N) is 3. The van der Waals surface area contributed by atoms with Crippen LogP contribution >= 0.6 is 0 Å². The van der Waals surface area contributed by atoms with Crippen LogP contribution in [0.2, 0.25) is 0 Å². The summed E-state index contributed by atoms with van der Waals surface area (Å²) < 4.78 is 28.7. The number of pyridine rings is 1. The number of halogens is 2. The zero-order valence-corrected chi connectivity index (χ0v) is 12.9. The van der Waals surface area contributed by atoms with E-state index in [4.69, 9.17) is 0 Å². The summed E-state index contributed by atoms with van der Waals surface area (Å²) in [5.74, 6) is -1.88. The molecular formula is C17H14F2N4O2. The molecule has 0 unspecified atom stereocenters. The first-order valence-electron chi connectivity index (χ1n) is 7.43. The summed E-state index contributed by atoms with van der Waals surface area (Å²) in [6, 6.07) is 9.78. The van der Waals surface area contributed by atoms with Gasteiger partial charge < -0.3 is 10.4 Å². The van der Waals surface area contributed by atoms with Gasteiger partial charge in [-0.25, -0.2) is 18.4 Å². The monoisotopic (exact) mass is 344 g/mol. The molecule has 1 aromatic carbocycles. The number of hydrogen-bond acceptors (Lipinski definition) is 4. The number of rotatable bonds is 5. The van der Waals surface area contributed by atoms with Crippen LogP contribution in [-0.4, -0.2) is 32.3 Å². The number of aromatic nitrogens is 3. The molecule has 1 atom stereocenters. The number of carbonyl (C=O) groups is 1. The van der Waals surface area contributed by atoms with Crippen molar-refractivity contribution in [3.63, 3.8) is 0 Å². The van der Waals surface area contributed by atoms with E-state index in [-0.39, 0.29) is 12.2 Å². The molecule has 0 spiro atoms. The molecule has 0 aliphatic carbocycles. The Morgan fingerprint density at radius 3 is 2.56 bits per heavy atom. The SMILES string of the molecule is O=C(NC[C@H](O)c1c(F)cccc1F)c1cccc(-n2cccn2)n1. The van der Waals surface area contributed by atoms with E-state index >= 15 is 0 Å². The average Bonchev–Trinajstić information content (AvgIpc) is 3.14. The maximum Gasteiger partial charge on any atom is 0.270 e. The highest BCUT2D eigenvalue weighted by molar-refractivity contribution is 5.92. The number of nitrogens with one attached hydrogen (secondary N) is 1. The lowest BCUT2D eigenvalue weighted by molar-refractivity contribution is 0.0906. The number of amides is 1. The summed E-state index contributed by atoms with van der Waals surface area (Å²) in [6.45, 7) is -0.357. The van der Waals surface area contributed by atoms with Crippen LogP contribution in [0.15, 0.2) is 54.9 Å². The van der Waals surface area contributed by atoms with Crippen molar-refractivity contribution in [2.75, 3.05) is 6.54 Å². The Morgan fingerprint density at radius 2 is 1.88 bits per heavy atom. The van der Waals surface area contributed by atoms with Crippen molar-refractivity contribution < 1.29 is 18.7 Å². The van der Waals surface area contributed by atoms with Gasteiger partial charge in [0.2, 0.25) is 0 Å². The van der Waals surface area contributed by atoms with Gasteiger partial charge in [0.25, 0.3) is 5.91 Å². The van der Waals surface area contributed by atoms with Crippen LogP contribution in [0.1, 0.15) is 22.2 Å². The molecule has 2 heterocycles. The van der Waals surface area contributed by atoms with Crippen molar-refractivity contribution in [2.45, 2.75) is 6.10 Å². The van der Waals surface area contributed by atoms with Crippen LogP contribution in [0, 0.1) is 11.6 Å². The lowest BCUT2D eigenvalue weighted by Crippen LogP contribution is -2.30. The average molecular weight is 344 g/mol. The molecule has 0 aliphatic heterocycles. The molecule has 25 heavy (non-hydrogen) atoms. The smallest absolute Gasteiger partial charge is 0.270 e. The molecule has 0 fully saturated rings. The quantitative estimate of drug-likeness (QED) is 0.742. The van der Waals surface area contributed by atoms with E-state index in [9.17, 15) is 18.7 Å². The van der Waals surface area contributed by atoms with Crippen LogP contribution in [0.4, 0.5) is 8.78 Å². The molecule has 6 nitrogen and oxygen atoms in total. The highest BCUT2D eigenvalue weighted by Crippen LogP contribution is 2.20. The van der Waals surface area contributed by atoms with Gasteiger partial charge in [0.05, 0.1) is 5.56 Å². The fraction of sp³-hybridized carbons (Fsp3) is 0.118. The molecule has 3 aromatic rings. The Hall–Kier alpha value is -3.13. The van der Waals surface area contributed by atoms with Crippen LogP contribution in [0.25, 0.3) is 5.82 Å². The van der Waals surface area contributed by atoms with E-state index in [1.165, 1.54) is 16.8 Å². The van der Waals surface area contributed by atoms with Gasteiger partial charge in [-0.2, -0.15) is 5.10 Å². The zero-order chi connectivity index (χ0) is 17.8. The molecule has 0 bridgehead atoms. The highest BCUT2D eigenvalue weighted by Gasteiger charge is 2.19. The Kier molecular flexibility index (Phi) is 4.80. The summed E-state index contributed by atoms with van der Waals surface area (Å²) in [5.41, 5.74) is -0.393. The number of aliphatic hydroxyl groups is 1. The number of carbonyl (C=O) groups excluding carboxylic acids is 1. The fourth-order valence-corrected chi connectivity index (χ4v) is 2.29. The van der Waals surface area contributed by atoms with Crippen molar-refractivity contribution in [2.24, 2.45) is 0 Å². The maximum atomic E-state index is 13.6. The third kappa shape index (κ3) is 3.69. The molecule has 0 radical (unpaired) electrons. The molecule has 8 heteroatoms. The first-order chi connectivity index (χ1) is 12.1. The Morgan fingerprint density at radius 1 is 1.16 bits per heavy atom. The number of aliphatic hydroxyl groups excluding tert-OH is 1. The molecule has 0 saturated carbocycles. The second-order valence-electron chi connectivity index (χ2n) is 5.19. The normalized spacial score (nSPS) is 12.0. The summed E-state index contributed by atoms with van der Waals surface area (Å²) in [6.07, 6.45) is 1.74. The predicted octanol–water partition coefficient (Wildman–Crippen LogP) is 2.01. The molecular weight excluding hydrogens is 330 g/mol. The Labute approximate surface area is 141 Å². The molecule has 2 N–H and O–H groups in total. The summed E-state index contributed by atoms with van der Waals surface area (Å²) >= 11 is 0. The van der Waals surface area contributed by atoms with Crippen molar-refractivity contribution >= 4 is 5.91 Å². The Bertz CT molecular complexity index is 864. The summed E-state index contributed by atoms with van der Waals surface area (Å²) in [4.78, 5) is 16.3. The van der Waals surface area contributed by atoms with Crippen LogP contribution in [-0.2, 0) is 0 Å². The van der Waals surface area contributed by atoms with E-state index in [1.54, 1.807) is 30.6 Å². The minimum Gasteiger partial charge on any atom is -0.386 e. The van der Waals surface area contributed by atoms with E-state index in [2.05, 4.69) is 15.4 Å². The summed E-state index contributed by atoms with van der Waals surface area (Å²) in [7, 11) is 0. The molecule has 0 aliphatic rings. The topological polar surface area (TPSA) is 80.0 Å². The van der Waals surface area contributed by atoms with Gasteiger partial charge in [-0.05, 0) is 30.3 Å². The van der Waals surface area contributed by atoms with E-state index in [0.717, 1.165) is 12.1 Å². The van der Waals surface area contributed by atoms with Crippen LogP contribution in [0.3, 0.4) is 0 Å². The van der Waals surface area contributed by atoms with Gasteiger partial charge >= 0.3 is 0 Å². The third-order valence-electron chi connectivity index (χ3n) is 3.50. The molecule has 3 rings (SSSR count). The van der Waals surface area contributed by atoms with Crippen LogP contribution in [0.5, 0.6) is 0 Å². The maximum absolute atomic E-state index is 13.6. The Balaban J connectivity index is 1.70. The van der Waals surface area contributed by atoms with Gasteiger partial charge in [-0.1, -0.05) is 12.1 Å². The van der Waals surface area contributed by atoms with E-state index < -0.39 is 29.2 Å². The van der Waals surface area contributed by atoms with Crippen molar-refractivity contribution in [1.29, 1.82) is 0 Å². The third-order valence-corrected chi connectivity index (χ3v) is 3.50. The predicted molar refractivity (Wildman–Crippen MR) is 85.0 cm³/mol. The number of hydrogen-bond donors (Lipinski definition) is 2. The molecule has 1 amide bonds. The van der Waals surface area contributed by atoms with Gasteiger partial charge in [0, 0.05) is 18.9 Å². The first-order valence-corrected chi connectivity index (χ1v) is 7.43. The van der Waals surface area contributed by atoms with Gasteiger partial charge in [-0.15, -0.1) is 0 Å². The summed E-state index contributed by atoms with van der Waals surface area (Å²) in [5, 5.41) is 16.4. The van der Waals surface area contributed by atoms with Gasteiger partial charge in [0.1, 0.15) is 23.4 Å². The lowest BCUT2D eigenvalue weighted by Gasteiger charge is -2.14. The van der Waals surface area contributed by atoms with Crippen molar-refractivity contribution in [3.05, 3.63) is 77.8 Å². The number of benzene rings is 1. The minimum absolute atomic E-state index is 0.0919. The largest absolute Gasteiger partial charge is 0.386 e. The van der Waals surface area contributed by atoms with E-state index in [0.29, 0.717) is 5.82 Å². The molecule has 128 valence electrons. The van der Waals surface area contributed by atoms with E-state index in [1.807, 2.05) is 0 Å². The zero-order valence-electron chi connectivity index (χ0n) is 12.9. The second kappa shape index (κ2) is 7.18. The fourth-order valence-electron chi connectivity index (χ4n) is 2.29. The van der Waals surface area contributed by atoms with Crippen molar-refractivity contribution in [3.8, 4) is 5.82 Å². The first kappa shape index (κ1) is 16.7. The van der Waals surface area contributed by atoms with Crippen LogP contribution < -0.4 is 5.32 Å². The minimum atomic E-state index is -1.51. The lowest BCUT2D eigenvalue weighted by atomic mass is 10.1. The highest BCUT2D eigenvalue weighted by atomic mass is 19.1.